The van der Waals surface area contributed by atoms with Gasteiger partial charge in [-0.2, -0.15) is 13.2 Å². The second-order valence-corrected chi connectivity index (χ2v) is 1.55. The van der Waals surface area contributed by atoms with Gasteiger partial charge in [0.15, 0.2) is 0 Å². The Bertz CT molecular complexity index is 117. The molecule has 0 saturated heterocycles. The van der Waals surface area contributed by atoms with E-state index in [2.05, 4.69) is 12.6 Å². The van der Waals surface area contributed by atoms with Crippen LogP contribution in [0.4, 0.5) is 13.2 Å². The molecular weight excluding hydrogens is 151 g/mol. The first-order valence-corrected chi connectivity index (χ1v) is 2.63. The Hall–Kier alpha value is -0.320. The largest absolute Gasteiger partial charge is 0.431 e. The van der Waals surface area contributed by atoms with Crippen LogP contribution in [-0.2, 0) is 0 Å². The van der Waals surface area contributed by atoms with E-state index in [0.717, 1.165) is 0 Å². The summed E-state index contributed by atoms with van der Waals surface area (Å²) < 4.78 is 34.6. The molecule has 0 radical (unpaired) electrons. The van der Waals surface area contributed by atoms with E-state index in [0.29, 0.717) is 5.41 Å². The number of allylic oxidation sites excluding steroid dienone is 1. The molecule has 0 bridgehead atoms. The van der Waals surface area contributed by atoms with Gasteiger partial charge in [-0.25, -0.2) is 0 Å². The molecule has 0 amide bonds. The van der Waals surface area contributed by atoms with E-state index in [1.54, 1.807) is 0 Å². The first kappa shape index (κ1) is 8.68. The molecule has 0 heterocycles. The number of hydrogen-bond acceptors (Lipinski definition) is 2. The maximum absolute atomic E-state index is 11.5. The molecule has 0 aromatic heterocycles. The average molecular weight is 157 g/mol. The maximum atomic E-state index is 11.5. The molecule has 5 heteroatoms. The Balaban J connectivity index is 4.14. The molecule has 0 saturated carbocycles. The lowest BCUT2D eigenvalue weighted by Crippen LogP contribution is -2.22. The van der Waals surface area contributed by atoms with Gasteiger partial charge in [-0.05, 0) is 5.41 Å². The molecule has 0 fully saturated rings. The van der Waals surface area contributed by atoms with Crippen molar-refractivity contribution in [1.82, 2.24) is 5.32 Å². The van der Waals surface area contributed by atoms with Gasteiger partial charge in [-0.15, -0.1) is 12.6 Å². The molecule has 54 valence electrons. The number of hydrogen-bond donors (Lipinski definition) is 2. The highest BCUT2D eigenvalue weighted by molar-refractivity contribution is 7.83. The summed E-state index contributed by atoms with van der Waals surface area (Å²) in [7, 11) is 1.19. The van der Waals surface area contributed by atoms with Crippen molar-refractivity contribution in [2.24, 2.45) is 0 Å². The molecule has 1 N–H and O–H groups in total. The van der Waals surface area contributed by atoms with Crippen LogP contribution in [-0.4, -0.2) is 13.2 Å². The number of alkyl halides is 3. The monoisotopic (exact) mass is 157 g/mol. The average Bonchev–Trinajstić information content (AvgIpc) is 1.65. The number of thiol groups is 1. The van der Waals surface area contributed by atoms with Crippen molar-refractivity contribution in [2.45, 2.75) is 6.18 Å². The summed E-state index contributed by atoms with van der Waals surface area (Å²) in [4.78, 5) is 0. The molecule has 0 spiro atoms. The Labute approximate surface area is 56.3 Å². The van der Waals surface area contributed by atoms with Gasteiger partial charge < -0.3 is 5.32 Å². The van der Waals surface area contributed by atoms with Crippen LogP contribution in [0.1, 0.15) is 0 Å². The van der Waals surface area contributed by atoms with E-state index in [4.69, 9.17) is 0 Å². The lowest BCUT2D eigenvalue weighted by Gasteiger charge is -2.08. The van der Waals surface area contributed by atoms with E-state index >= 15 is 0 Å². The van der Waals surface area contributed by atoms with E-state index in [1.807, 2.05) is 5.32 Å². The minimum atomic E-state index is -4.31. The van der Waals surface area contributed by atoms with Gasteiger partial charge in [0.05, 0.1) is 0 Å². The SMILES string of the molecule is CN/C(=C\S)C(F)(F)F. The quantitative estimate of drug-likeness (QED) is 0.550. The topological polar surface area (TPSA) is 12.0 Å². The lowest BCUT2D eigenvalue weighted by molar-refractivity contribution is -0.0957. The number of nitrogens with one attached hydrogen (secondary N) is 1. The smallest absolute Gasteiger partial charge is 0.384 e. The van der Waals surface area contributed by atoms with Crippen molar-refractivity contribution < 1.29 is 13.2 Å². The van der Waals surface area contributed by atoms with Gasteiger partial charge in [-0.1, -0.05) is 0 Å². The van der Waals surface area contributed by atoms with Gasteiger partial charge in [-0.3, -0.25) is 0 Å². The highest BCUT2D eigenvalue weighted by Crippen LogP contribution is 2.22. The zero-order valence-electron chi connectivity index (χ0n) is 4.66. The maximum Gasteiger partial charge on any atom is 0.431 e. The molecule has 0 aliphatic heterocycles. The molecule has 0 aromatic carbocycles. The highest BCUT2D eigenvalue weighted by Gasteiger charge is 2.32. The Morgan fingerprint density at radius 1 is 1.56 bits per heavy atom. The third kappa shape index (κ3) is 2.64. The Morgan fingerprint density at radius 2 is 2.00 bits per heavy atom. The van der Waals surface area contributed by atoms with Crippen LogP contribution in [0.2, 0.25) is 0 Å². The summed E-state index contributed by atoms with van der Waals surface area (Å²) in [5.74, 6) is 0. The van der Waals surface area contributed by atoms with Crippen molar-refractivity contribution in [3.05, 3.63) is 11.1 Å². The first-order valence-electron chi connectivity index (χ1n) is 2.11. The zero-order chi connectivity index (χ0) is 7.49. The van der Waals surface area contributed by atoms with E-state index in [-0.39, 0.29) is 0 Å². The molecule has 0 aliphatic carbocycles. The molecule has 9 heavy (non-hydrogen) atoms. The standard InChI is InChI=1S/C4H6F3NS/c1-8-3(2-9)4(5,6)7/h2,8-9H,1H3/b3-2-. The fraction of sp³-hybridized carbons (Fsp3) is 0.500. The Morgan fingerprint density at radius 3 is 2.00 bits per heavy atom. The molecule has 0 aliphatic rings. The van der Waals surface area contributed by atoms with E-state index in [1.165, 1.54) is 7.05 Å². The number of halogens is 3. The van der Waals surface area contributed by atoms with Crippen molar-refractivity contribution in [1.29, 1.82) is 0 Å². The normalized spacial score (nSPS) is 13.7. The predicted octanol–water partition coefficient (Wildman–Crippen LogP) is 1.54. The third-order valence-electron chi connectivity index (χ3n) is 0.704. The first-order chi connectivity index (χ1) is 4.02. The van der Waals surface area contributed by atoms with Crippen LogP contribution < -0.4 is 5.32 Å². The van der Waals surface area contributed by atoms with Gasteiger partial charge in [0.1, 0.15) is 5.70 Å². The minimum Gasteiger partial charge on any atom is -0.384 e. The third-order valence-corrected chi connectivity index (χ3v) is 0.962. The molecule has 0 unspecified atom stereocenters. The summed E-state index contributed by atoms with van der Waals surface area (Å²) in [6.07, 6.45) is -4.31. The second kappa shape index (κ2) is 3.00. The van der Waals surface area contributed by atoms with Crippen LogP contribution in [0.3, 0.4) is 0 Å². The van der Waals surface area contributed by atoms with Gasteiger partial charge in [0, 0.05) is 7.05 Å². The fourth-order valence-electron chi connectivity index (χ4n) is 0.279. The second-order valence-electron chi connectivity index (χ2n) is 1.29. The van der Waals surface area contributed by atoms with Crippen LogP contribution in [0.15, 0.2) is 11.1 Å². The molecular formula is C4H6F3NS. The minimum absolute atomic E-state index is 0.681. The molecule has 0 rings (SSSR count). The predicted molar refractivity (Wildman–Crippen MR) is 32.2 cm³/mol. The van der Waals surface area contributed by atoms with Crippen molar-refractivity contribution in [3.8, 4) is 0 Å². The van der Waals surface area contributed by atoms with E-state index < -0.39 is 11.9 Å². The summed E-state index contributed by atoms with van der Waals surface area (Å²) in [5, 5.41) is 2.63. The van der Waals surface area contributed by atoms with Gasteiger partial charge >= 0.3 is 6.18 Å². The van der Waals surface area contributed by atoms with Crippen molar-refractivity contribution in [3.63, 3.8) is 0 Å². The summed E-state index contributed by atoms with van der Waals surface area (Å²) in [6.45, 7) is 0. The van der Waals surface area contributed by atoms with Gasteiger partial charge in [0.25, 0.3) is 0 Å². The van der Waals surface area contributed by atoms with Crippen molar-refractivity contribution >= 4 is 12.6 Å². The lowest BCUT2D eigenvalue weighted by atomic mass is 10.5. The highest BCUT2D eigenvalue weighted by atomic mass is 32.1. The molecule has 0 atom stereocenters. The summed E-state index contributed by atoms with van der Waals surface area (Å²) in [5.41, 5.74) is -0.842. The van der Waals surface area contributed by atoms with Crippen molar-refractivity contribution in [2.75, 3.05) is 7.05 Å². The zero-order valence-corrected chi connectivity index (χ0v) is 5.55. The molecule has 1 nitrogen and oxygen atoms in total. The Kier molecular flexibility index (Phi) is 2.90. The van der Waals surface area contributed by atoms with Crippen LogP contribution in [0.5, 0.6) is 0 Å². The number of rotatable bonds is 1. The van der Waals surface area contributed by atoms with Crippen LogP contribution in [0.25, 0.3) is 0 Å². The molecule has 0 aromatic rings. The van der Waals surface area contributed by atoms with Gasteiger partial charge in [0.2, 0.25) is 0 Å². The summed E-state index contributed by atoms with van der Waals surface area (Å²) >= 11 is 3.34. The van der Waals surface area contributed by atoms with Crippen LogP contribution >= 0.6 is 12.6 Å². The summed E-state index contributed by atoms with van der Waals surface area (Å²) in [6, 6.07) is 0. The van der Waals surface area contributed by atoms with E-state index in [9.17, 15) is 13.2 Å². The van der Waals surface area contributed by atoms with Crippen LogP contribution in [0, 0.1) is 0 Å². The fourth-order valence-corrected chi connectivity index (χ4v) is 0.555.